The van der Waals surface area contributed by atoms with Crippen molar-refractivity contribution in [1.82, 2.24) is 0 Å². The maximum atomic E-state index is 12.0. The molecule has 0 bridgehead atoms. The van der Waals surface area contributed by atoms with E-state index in [0.29, 0.717) is 23.9 Å². The Balaban J connectivity index is 1.82. The number of benzene rings is 1. The summed E-state index contributed by atoms with van der Waals surface area (Å²) in [5, 5.41) is 0. The smallest absolute Gasteiger partial charge is 0.363 e. The Morgan fingerprint density at radius 3 is 2.84 bits per heavy atom. The van der Waals surface area contributed by atoms with Crippen molar-refractivity contribution in [3.05, 3.63) is 53.6 Å². The van der Waals surface area contributed by atoms with Crippen molar-refractivity contribution in [2.45, 2.75) is 19.8 Å². The molecule has 0 spiro atoms. The summed E-state index contributed by atoms with van der Waals surface area (Å²) in [6.07, 6.45) is 5.17. The highest BCUT2D eigenvalue weighted by atomic mass is 16.6. The summed E-state index contributed by atoms with van der Waals surface area (Å²) in [6.45, 7) is 2.74. The normalized spacial score (nSPS) is 15.2. The standard InChI is InChI=1S/C19H19NO5/c1-3-4-9-23-15-8-7-13(12-17(15)22-2)11-14-19(21)25-18(20-14)16-6-5-10-24-16/h5-8,10-12H,3-4,9H2,1-2H3/b14-11-. The minimum Gasteiger partial charge on any atom is -0.493 e. The zero-order chi connectivity index (χ0) is 17.6. The van der Waals surface area contributed by atoms with Crippen LogP contribution in [0.5, 0.6) is 11.5 Å². The lowest BCUT2D eigenvalue weighted by Gasteiger charge is -2.10. The van der Waals surface area contributed by atoms with Gasteiger partial charge < -0.3 is 18.6 Å². The molecule has 0 aliphatic carbocycles. The number of hydrogen-bond acceptors (Lipinski definition) is 6. The van der Waals surface area contributed by atoms with Crippen molar-refractivity contribution in [2.24, 2.45) is 4.99 Å². The molecule has 0 fully saturated rings. The number of methoxy groups -OCH3 is 1. The molecule has 25 heavy (non-hydrogen) atoms. The average molecular weight is 341 g/mol. The first-order valence-corrected chi connectivity index (χ1v) is 8.08. The second-order valence-electron chi connectivity index (χ2n) is 5.43. The van der Waals surface area contributed by atoms with E-state index in [1.54, 1.807) is 31.4 Å². The highest BCUT2D eigenvalue weighted by Gasteiger charge is 2.25. The van der Waals surface area contributed by atoms with Crippen LogP contribution in [0, 0.1) is 0 Å². The predicted molar refractivity (Wildman–Crippen MR) is 92.7 cm³/mol. The number of ether oxygens (including phenoxy) is 3. The van der Waals surface area contributed by atoms with Crippen LogP contribution in [-0.4, -0.2) is 25.6 Å². The molecule has 0 N–H and O–H groups in total. The van der Waals surface area contributed by atoms with Crippen molar-refractivity contribution >= 4 is 17.9 Å². The van der Waals surface area contributed by atoms with Crippen LogP contribution in [0.25, 0.3) is 6.08 Å². The molecule has 3 rings (SSSR count). The molecule has 0 radical (unpaired) electrons. The van der Waals surface area contributed by atoms with Crippen LogP contribution in [0.4, 0.5) is 0 Å². The van der Waals surface area contributed by atoms with Crippen molar-refractivity contribution in [1.29, 1.82) is 0 Å². The van der Waals surface area contributed by atoms with Crippen LogP contribution in [-0.2, 0) is 9.53 Å². The van der Waals surface area contributed by atoms with E-state index in [0.717, 1.165) is 18.4 Å². The lowest BCUT2D eigenvalue weighted by molar-refractivity contribution is -0.130. The van der Waals surface area contributed by atoms with Gasteiger partial charge in [-0.15, -0.1) is 0 Å². The number of rotatable bonds is 7. The van der Waals surface area contributed by atoms with E-state index in [1.165, 1.54) is 6.26 Å². The third-order valence-electron chi connectivity index (χ3n) is 3.60. The van der Waals surface area contributed by atoms with Crippen molar-refractivity contribution in [3.8, 4) is 11.5 Å². The van der Waals surface area contributed by atoms with E-state index in [4.69, 9.17) is 18.6 Å². The molecule has 1 aliphatic rings. The zero-order valence-corrected chi connectivity index (χ0v) is 14.2. The van der Waals surface area contributed by atoms with Gasteiger partial charge in [-0.25, -0.2) is 9.79 Å². The Morgan fingerprint density at radius 2 is 2.12 bits per heavy atom. The Kier molecular flexibility index (Phi) is 5.18. The second kappa shape index (κ2) is 7.70. The maximum Gasteiger partial charge on any atom is 0.363 e. The number of hydrogen-bond donors (Lipinski definition) is 0. The first-order valence-electron chi connectivity index (χ1n) is 8.08. The van der Waals surface area contributed by atoms with Crippen LogP contribution in [0.2, 0.25) is 0 Å². The molecule has 130 valence electrons. The van der Waals surface area contributed by atoms with E-state index in [1.807, 2.05) is 12.1 Å². The summed E-state index contributed by atoms with van der Waals surface area (Å²) in [7, 11) is 1.58. The van der Waals surface area contributed by atoms with Gasteiger partial charge in [0.1, 0.15) is 0 Å². The Hall–Kier alpha value is -3.02. The minimum atomic E-state index is -0.520. The SMILES string of the molecule is CCCCOc1ccc(/C=C2\N=C(c3ccco3)OC2=O)cc1OC. The van der Waals surface area contributed by atoms with Gasteiger partial charge in [-0.3, -0.25) is 0 Å². The fourth-order valence-electron chi connectivity index (χ4n) is 2.29. The van der Waals surface area contributed by atoms with E-state index in [9.17, 15) is 4.79 Å². The third-order valence-corrected chi connectivity index (χ3v) is 3.60. The molecular weight excluding hydrogens is 322 g/mol. The topological polar surface area (TPSA) is 70.3 Å². The molecule has 2 heterocycles. The van der Waals surface area contributed by atoms with Crippen molar-refractivity contribution < 1.29 is 23.4 Å². The lowest BCUT2D eigenvalue weighted by atomic mass is 10.1. The lowest BCUT2D eigenvalue weighted by Crippen LogP contribution is -2.04. The highest BCUT2D eigenvalue weighted by molar-refractivity contribution is 6.11. The zero-order valence-electron chi connectivity index (χ0n) is 14.2. The number of aliphatic imine (C=N–C) groups is 1. The summed E-state index contributed by atoms with van der Waals surface area (Å²) in [5.74, 6) is 1.33. The number of nitrogens with zero attached hydrogens (tertiary/aromatic N) is 1. The van der Waals surface area contributed by atoms with E-state index >= 15 is 0 Å². The van der Waals surface area contributed by atoms with Gasteiger partial charge in [0.05, 0.1) is 20.0 Å². The first kappa shape index (κ1) is 16.8. The van der Waals surface area contributed by atoms with Gasteiger partial charge in [-0.2, -0.15) is 0 Å². The van der Waals surface area contributed by atoms with Crippen LogP contribution >= 0.6 is 0 Å². The molecule has 0 saturated carbocycles. The average Bonchev–Trinajstić information content (AvgIpc) is 3.26. The molecule has 6 nitrogen and oxygen atoms in total. The number of cyclic esters (lactones) is 1. The molecule has 1 aliphatic heterocycles. The van der Waals surface area contributed by atoms with Crippen LogP contribution in [0.1, 0.15) is 31.1 Å². The summed E-state index contributed by atoms with van der Waals surface area (Å²) in [5.41, 5.74) is 0.962. The molecule has 0 saturated heterocycles. The summed E-state index contributed by atoms with van der Waals surface area (Å²) >= 11 is 0. The molecule has 0 atom stereocenters. The Morgan fingerprint density at radius 1 is 1.24 bits per heavy atom. The summed E-state index contributed by atoms with van der Waals surface area (Å²) in [6, 6.07) is 8.83. The highest BCUT2D eigenvalue weighted by Crippen LogP contribution is 2.30. The fourth-order valence-corrected chi connectivity index (χ4v) is 2.29. The first-order chi connectivity index (χ1) is 12.2. The molecule has 1 aromatic carbocycles. The van der Waals surface area contributed by atoms with Crippen LogP contribution < -0.4 is 9.47 Å². The second-order valence-corrected chi connectivity index (χ2v) is 5.43. The number of unbranched alkanes of at least 4 members (excludes halogenated alkanes) is 1. The maximum absolute atomic E-state index is 12.0. The number of furan rings is 1. The molecule has 2 aromatic rings. The molecule has 0 unspecified atom stereocenters. The summed E-state index contributed by atoms with van der Waals surface area (Å²) in [4.78, 5) is 16.2. The summed E-state index contributed by atoms with van der Waals surface area (Å²) < 4.78 is 21.4. The van der Waals surface area contributed by atoms with Gasteiger partial charge >= 0.3 is 5.97 Å². The van der Waals surface area contributed by atoms with Crippen LogP contribution in [0.15, 0.2) is 51.7 Å². The van der Waals surface area contributed by atoms with Gasteiger partial charge in [0.25, 0.3) is 5.90 Å². The van der Waals surface area contributed by atoms with Gasteiger partial charge in [0.2, 0.25) is 0 Å². The third kappa shape index (κ3) is 3.91. The number of esters is 1. The molecule has 0 amide bonds. The van der Waals surface area contributed by atoms with E-state index < -0.39 is 5.97 Å². The largest absolute Gasteiger partial charge is 0.493 e. The van der Waals surface area contributed by atoms with Crippen molar-refractivity contribution in [2.75, 3.05) is 13.7 Å². The van der Waals surface area contributed by atoms with Gasteiger partial charge in [0, 0.05) is 0 Å². The molecule has 6 heteroatoms. The molecular formula is C19H19NO5. The van der Waals surface area contributed by atoms with E-state index in [-0.39, 0.29) is 11.6 Å². The van der Waals surface area contributed by atoms with Gasteiger partial charge in [-0.1, -0.05) is 19.4 Å². The number of carbonyl (C=O) groups excluding carboxylic acids is 1. The van der Waals surface area contributed by atoms with Crippen LogP contribution in [0.3, 0.4) is 0 Å². The minimum absolute atomic E-state index is 0.160. The molecule has 1 aromatic heterocycles. The number of carbonyl (C=O) groups is 1. The van der Waals surface area contributed by atoms with Gasteiger partial charge in [-0.05, 0) is 42.3 Å². The predicted octanol–water partition coefficient (Wildman–Crippen LogP) is 3.81. The van der Waals surface area contributed by atoms with Gasteiger partial charge in [0.15, 0.2) is 23.0 Å². The Bertz CT molecular complexity index is 805. The Labute approximate surface area is 145 Å². The quantitative estimate of drug-likeness (QED) is 0.435. The fraction of sp³-hybridized carbons (Fsp3) is 0.263. The van der Waals surface area contributed by atoms with E-state index in [2.05, 4.69) is 11.9 Å². The monoisotopic (exact) mass is 341 g/mol. The van der Waals surface area contributed by atoms with Crippen molar-refractivity contribution in [3.63, 3.8) is 0 Å².